The molecule has 0 amide bonds. The minimum Gasteiger partial charge on any atom is -0.468 e. The quantitative estimate of drug-likeness (QED) is 0.726. The highest BCUT2D eigenvalue weighted by Gasteiger charge is 1.90. The van der Waals surface area contributed by atoms with Crippen LogP contribution < -0.4 is 0 Å². The average Bonchev–Trinajstić information content (AvgIpc) is 2.67. The molecule has 74 valence electrons. The SMILES string of the molecule is CCOC=O.c1ccc2[nH]nnc2c1. The lowest BCUT2D eigenvalue weighted by molar-refractivity contribution is -0.128. The molecule has 0 fully saturated rings. The minimum absolute atomic E-state index is 0.431. The van der Waals surface area contributed by atoms with Crippen LogP contribution in [0.3, 0.4) is 0 Å². The van der Waals surface area contributed by atoms with Gasteiger partial charge in [0.2, 0.25) is 0 Å². The Morgan fingerprint density at radius 1 is 1.50 bits per heavy atom. The van der Waals surface area contributed by atoms with E-state index in [1.54, 1.807) is 6.92 Å². The number of para-hydroxylation sites is 1. The fourth-order valence-corrected chi connectivity index (χ4v) is 0.856. The van der Waals surface area contributed by atoms with E-state index in [0.29, 0.717) is 13.1 Å². The maximum atomic E-state index is 9.18. The van der Waals surface area contributed by atoms with Crippen molar-refractivity contribution >= 4 is 17.5 Å². The lowest BCUT2D eigenvalue weighted by Crippen LogP contribution is -1.80. The number of H-pyrrole nitrogens is 1. The summed E-state index contributed by atoms with van der Waals surface area (Å²) in [6.45, 7) is 2.66. The van der Waals surface area contributed by atoms with E-state index in [0.717, 1.165) is 11.0 Å². The number of fused-ring (bicyclic) bond motifs is 1. The van der Waals surface area contributed by atoms with Gasteiger partial charge in [-0.25, -0.2) is 0 Å². The molecule has 0 unspecified atom stereocenters. The van der Waals surface area contributed by atoms with Crippen molar-refractivity contribution in [1.82, 2.24) is 15.4 Å². The van der Waals surface area contributed by atoms with Crippen LogP contribution in [0.15, 0.2) is 24.3 Å². The van der Waals surface area contributed by atoms with Gasteiger partial charge in [-0.15, -0.1) is 5.10 Å². The summed E-state index contributed by atoms with van der Waals surface area (Å²) in [6, 6.07) is 7.74. The van der Waals surface area contributed by atoms with Crippen molar-refractivity contribution in [1.29, 1.82) is 0 Å². The van der Waals surface area contributed by atoms with Crippen LogP contribution in [-0.2, 0) is 9.53 Å². The molecule has 5 nitrogen and oxygen atoms in total. The van der Waals surface area contributed by atoms with Gasteiger partial charge in [0.1, 0.15) is 5.52 Å². The Kier molecular flexibility index (Phi) is 4.13. The van der Waals surface area contributed by atoms with E-state index in [2.05, 4.69) is 20.1 Å². The molecule has 1 aromatic carbocycles. The fraction of sp³-hybridized carbons (Fsp3) is 0.222. The van der Waals surface area contributed by atoms with Gasteiger partial charge in [-0.05, 0) is 19.1 Å². The largest absolute Gasteiger partial charge is 0.468 e. The second-order valence-corrected chi connectivity index (χ2v) is 2.38. The highest BCUT2D eigenvalue weighted by atomic mass is 16.5. The molecular formula is C9H11N3O2. The van der Waals surface area contributed by atoms with E-state index in [1.807, 2.05) is 24.3 Å². The van der Waals surface area contributed by atoms with Crippen LogP contribution in [0.5, 0.6) is 0 Å². The van der Waals surface area contributed by atoms with Crippen LogP contribution in [0, 0.1) is 0 Å². The number of nitrogens with one attached hydrogen (secondary N) is 1. The number of hydrogen-bond donors (Lipinski definition) is 1. The highest BCUT2D eigenvalue weighted by molar-refractivity contribution is 5.72. The van der Waals surface area contributed by atoms with E-state index in [-0.39, 0.29) is 0 Å². The Labute approximate surface area is 81.1 Å². The normalized spacial score (nSPS) is 8.93. The number of aromatic nitrogens is 3. The summed E-state index contributed by atoms with van der Waals surface area (Å²) >= 11 is 0. The number of benzene rings is 1. The molecule has 0 spiro atoms. The van der Waals surface area contributed by atoms with E-state index in [9.17, 15) is 4.79 Å². The van der Waals surface area contributed by atoms with Crippen LogP contribution >= 0.6 is 0 Å². The first kappa shape index (κ1) is 10.2. The van der Waals surface area contributed by atoms with Crippen LogP contribution in [0.2, 0.25) is 0 Å². The molecule has 0 saturated carbocycles. The first-order chi connectivity index (χ1) is 6.88. The van der Waals surface area contributed by atoms with E-state index in [4.69, 9.17) is 0 Å². The number of ether oxygens (including phenoxy) is 1. The van der Waals surface area contributed by atoms with Crippen molar-refractivity contribution in [3.05, 3.63) is 24.3 Å². The van der Waals surface area contributed by atoms with Gasteiger partial charge < -0.3 is 4.74 Å². The molecule has 2 aromatic rings. The van der Waals surface area contributed by atoms with Crippen molar-refractivity contribution in [3.8, 4) is 0 Å². The zero-order chi connectivity index (χ0) is 10.2. The van der Waals surface area contributed by atoms with Crippen molar-refractivity contribution < 1.29 is 9.53 Å². The molecule has 0 aliphatic carbocycles. The van der Waals surface area contributed by atoms with Crippen molar-refractivity contribution in [2.45, 2.75) is 6.92 Å². The number of rotatable bonds is 2. The zero-order valence-electron chi connectivity index (χ0n) is 7.80. The molecule has 1 heterocycles. The summed E-state index contributed by atoms with van der Waals surface area (Å²) in [5, 5.41) is 10.2. The van der Waals surface area contributed by atoms with Gasteiger partial charge in [-0.2, -0.15) is 0 Å². The number of aromatic amines is 1. The smallest absolute Gasteiger partial charge is 0.293 e. The molecule has 0 aliphatic rings. The maximum Gasteiger partial charge on any atom is 0.293 e. The lowest BCUT2D eigenvalue weighted by atomic mass is 10.3. The fourth-order valence-electron chi connectivity index (χ4n) is 0.856. The first-order valence-corrected chi connectivity index (χ1v) is 4.19. The third-order valence-electron chi connectivity index (χ3n) is 1.47. The Morgan fingerprint density at radius 2 is 2.29 bits per heavy atom. The number of nitrogens with zero attached hydrogens (tertiary/aromatic N) is 2. The molecule has 14 heavy (non-hydrogen) atoms. The van der Waals surface area contributed by atoms with Crippen molar-refractivity contribution in [2.75, 3.05) is 6.61 Å². The molecule has 0 atom stereocenters. The summed E-state index contributed by atoms with van der Waals surface area (Å²) in [6.07, 6.45) is 0. The summed E-state index contributed by atoms with van der Waals surface area (Å²) < 4.78 is 4.15. The monoisotopic (exact) mass is 193 g/mol. The summed E-state index contributed by atoms with van der Waals surface area (Å²) in [7, 11) is 0. The molecule has 5 heteroatoms. The summed E-state index contributed by atoms with van der Waals surface area (Å²) in [4.78, 5) is 9.18. The maximum absolute atomic E-state index is 9.18. The van der Waals surface area contributed by atoms with E-state index < -0.39 is 0 Å². The van der Waals surface area contributed by atoms with Crippen LogP contribution in [-0.4, -0.2) is 28.5 Å². The van der Waals surface area contributed by atoms with Crippen molar-refractivity contribution in [2.24, 2.45) is 0 Å². The standard InChI is InChI=1S/C6H5N3.C3H6O2/c1-2-4-6-5(3-1)7-9-8-6;1-2-5-3-4/h1-4H,(H,7,8,9);3H,2H2,1H3. The molecule has 0 saturated heterocycles. The van der Waals surface area contributed by atoms with Gasteiger partial charge in [0.05, 0.1) is 12.1 Å². The summed E-state index contributed by atoms with van der Waals surface area (Å²) in [5.41, 5.74) is 1.90. The third-order valence-corrected chi connectivity index (χ3v) is 1.47. The number of hydrogen-bond acceptors (Lipinski definition) is 4. The molecule has 0 bridgehead atoms. The molecule has 1 N–H and O–H groups in total. The highest BCUT2D eigenvalue weighted by Crippen LogP contribution is 2.03. The Morgan fingerprint density at radius 3 is 2.86 bits per heavy atom. The second kappa shape index (κ2) is 5.69. The van der Waals surface area contributed by atoms with E-state index >= 15 is 0 Å². The zero-order valence-corrected chi connectivity index (χ0v) is 7.80. The Hall–Kier alpha value is -1.91. The first-order valence-electron chi connectivity index (χ1n) is 4.19. The van der Waals surface area contributed by atoms with Gasteiger partial charge in [0.15, 0.2) is 0 Å². The molecule has 0 radical (unpaired) electrons. The van der Waals surface area contributed by atoms with Crippen LogP contribution in [0.1, 0.15) is 6.92 Å². The van der Waals surface area contributed by atoms with Gasteiger partial charge >= 0.3 is 0 Å². The Bertz CT molecular complexity index is 356. The third kappa shape index (κ3) is 2.85. The second-order valence-electron chi connectivity index (χ2n) is 2.38. The molecule has 0 aliphatic heterocycles. The van der Waals surface area contributed by atoms with Crippen LogP contribution in [0.4, 0.5) is 0 Å². The molecule has 2 rings (SSSR count). The Balaban J connectivity index is 0.000000171. The van der Waals surface area contributed by atoms with Gasteiger partial charge in [0, 0.05) is 0 Å². The summed E-state index contributed by atoms with van der Waals surface area (Å²) in [5.74, 6) is 0. The topological polar surface area (TPSA) is 67.9 Å². The number of carbonyl (C=O) groups excluding carboxylic acids is 1. The molecular weight excluding hydrogens is 182 g/mol. The minimum atomic E-state index is 0.431. The van der Waals surface area contributed by atoms with Crippen molar-refractivity contribution in [3.63, 3.8) is 0 Å². The van der Waals surface area contributed by atoms with Gasteiger partial charge in [-0.1, -0.05) is 17.3 Å². The van der Waals surface area contributed by atoms with E-state index in [1.165, 1.54) is 0 Å². The lowest BCUT2D eigenvalue weighted by Gasteiger charge is -1.79. The number of carbonyl (C=O) groups is 1. The van der Waals surface area contributed by atoms with Gasteiger partial charge in [0.25, 0.3) is 6.47 Å². The predicted octanol–water partition coefficient (Wildman–Crippen LogP) is 1.14. The van der Waals surface area contributed by atoms with Gasteiger partial charge in [-0.3, -0.25) is 9.89 Å². The average molecular weight is 193 g/mol. The molecule has 1 aromatic heterocycles. The predicted molar refractivity (Wildman–Crippen MR) is 51.6 cm³/mol. The van der Waals surface area contributed by atoms with Crippen LogP contribution in [0.25, 0.3) is 11.0 Å².